The maximum Gasteiger partial charge on any atom is 0.291 e. The summed E-state index contributed by atoms with van der Waals surface area (Å²) in [5.74, 6) is 2.27. The molecule has 6 rings (SSSR count). The molecular formula is C21H23ClN4O. The SMILES string of the molecule is O=C(N/N=C\c1ccccc1Cl)c1cc(C23CC4CC(CC(C4)C2)C3)[nH]n1. The molecule has 4 saturated carbocycles. The lowest BCUT2D eigenvalue weighted by molar-refractivity contribution is -0.00721. The highest BCUT2D eigenvalue weighted by Crippen LogP contribution is 2.60. The van der Waals surface area contributed by atoms with Gasteiger partial charge in [0.2, 0.25) is 0 Å². The van der Waals surface area contributed by atoms with E-state index in [0.717, 1.165) is 29.0 Å². The van der Waals surface area contributed by atoms with Crippen molar-refractivity contribution < 1.29 is 4.79 Å². The minimum atomic E-state index is -0.300. The fourth-order valence-corrected chi connectivity index (χ4v) is 6.13. The summed E-state index contributed by atoms with van der Waals surface area (Å²) in [5.41, 5.74) is 5.06. The standard InChI is InChI=1S/C21H23ClN4O/c22-17-4-2-1-3-16(17)12-23-26-20(27)18-8-19(25-24-18)21-9-13-5-14(10-21)7-15(6-13)11-21/h1-4,8,12-15H,5-7,9-11H2,(H,24,25)(H,26,27)/b23-12-. The highest BCUT2D eigenvalue weighted by atomic mass is 35.5. The zero-order valence-corrected chi connectivity index (χ0v) is 15.9. The Bertz CT molecular complexity index is 868. The number of halogens is 1. The van der Waals surface area contributed by atoms with Crippen LogP contribution in [0.25, 0.3) is 0 Å². The van der Waals surface area contributed by atoms with Crippen molar-refractivity contribution in [2.45, 2.75) is 43.9 Å². The summed E-state index contributed by atoms with van der Waals surface area (Å²) in [7, 11) is 0. The molecule has 0 aliphatic heterocycles. The molecule has 1 aromatic carbocycles. The smallest absolute Gasteiger partial charge is 0.281 e. The van der Waals surface area contributed by atoms with Gasteiger partial charge in [-0.2, -0.15) is 10.2 Å². The molecule has 1 heterocycles. The van der Waals surface area contributed by atoms with Gasteiger partial charge < -0.3 is 0 Å². The van der Waals surface area contributed by atoms with Crippen LogP contribution in [-0.2, 0) is 5.41 Å². The highest BCUT2D eigenvalue weighted by Gasteiger charge is 2.52. The van der Waals surface area contributed by atoms with Crippen molar-refractivity contribution in [1.82, 2.24) is 15.6 Å². The second kappa shape index (κ2) is 6.48. The van der Waals surface area contributed by atoms with Crippen LogP contribution in [0.1, 0.15) is 60.3 Å². The second-order valence-corrected chi connectivity index (χ2v) is 8.99. The molecule has 2 N–H and O–H groups in total. The Labute approximate surface area is 163 Å². The molecule has 4 aliphatic carbocycles. The van der Waals surface area contributed by atoms with E-state index in [-0.39, 0.29) is 11.3 Å². The normalized spacial score (nSPS) is 31.5. The Balaban J connectivity index is 1.29. The Morgan fingerprint density at radius 3 is 2.52 bits per heavy atom. The van der Waals surface area contributed by atoms with Crippen LogP contribution < -0.4 is 5.43 Å². The van der Waals surface area contributed by atoms with Crippen molar-refractivity contribution in [3.05, 3.63) is 52.3 Å². The maximum absolute atomic E-state index is 12.4. The minimum absolute atomic E-state index is 0.209. The molecule has 2 aromatic rings. The largest absolute Gasteiger partial charge is 0.291 e. The second-order valence-electron chi connectivity index (χ2n) is 8.59. The summed E-state index contributed by atoms with van der Waals surface area (Å²) >= 11 is 6.09. The number of rotatable bonds is 4. The molecule has 0 saturated heterocycles. The third-order valence-electron chi connectivity index (χ3n) is 6.70. The number of aromatic amines is 1. The summed E-state index contributed by atoms with van der Waals surface area (Å²) in [6.07, 6.45) is 9.48. The summed E-state index contributed by atoms with van der Waals surface area (Å²) in [5, 5.41) is 12.1. The number of nitrogens with one attached hydrogen (secondary N) is 2. The fraction of sp³-hybridized carbons (Fsp3) is 0.476. The van der Waals surface area contributed by atoms with Gasteiger partial charge in [-0.05, 0) is 68.4 Å². The molecule has 4 fully saturated rings. The lowest BCUT2D eigenvalue weighted by Crippen LogP contribution is -2.48. The predicted molar refractivity (Wildman–Crippen MR) is 105 cm³/mol. The van der Waals surface area contributed by atoms with Gasteiger partial charge in [0.1, 0.15) is 0 Å². The zero-order chi connectivity index (χ0) is 18.4. The highest BCUT2D eigenvalue weighted by molar-refractivity contribution is 6.33. The van der Waals surface area contributed by atoms with E-state index in [4.69, 9.17) is 11.6 Å². The molecule has 4 aliphatic rings. The van der Waals surface area contributed by atoms with Crippen molar-refractivity contribution >= 4 is 23.7 Å². The van der Waals surface area contributed by atoms with E-state index in [9.17, 15) is 4.79 Å². The average molecular weight is 383 g/mol. The van der Waals surface area contributed by atoms with Gasteiger partial charge in [-0.3, -0.25) is 9.89 Å². The number of aromatic nitrogens is 2. The fourth-order valence-electron chi connectivity index (χ4n) is 5.95. The van der Waals surface area contributed by atoms with Gasteiger partial charge in [0.15, 0.2) is 5.69 Å². The van der Waals surface area contributed by atoms with Crippen molar-refractivity contribution in [1.29, 1.82) is 0 Å². The van der Waals surface area contributed by atoms with Crippen LogP contribution in [-0.4, -0.2) is 22.3 Å². The van der Waals surface area contributed by atoms with Crippen molar-refractivity contribution in [2.24, 2.45) is 22.9 Å². The molecule has 0 unspecified atom stereocenters. The Morgan fingerprint density at radius 2 is 1.85 bits per heavy atom. The van der Waals surface area contributed by atoms with E-state index in [2.05, 4.69) is 20.7 Å². The van der Waals surface area contributed by atoms with Crippen molar-refractivity contribution in [2.75, 3.05) is 0 Å². The van der Waals surface area contributed by atoms with Crippen LogP contribution in [0.3, 0.4) is 0 Å². The van der Waals surface area contributed by atoms with Gasteiger partial charge in [0.05, 0.1) is 6.21 Å². The third kappa shape index (κ3) is 3.08. The number of carbonyl (C=O) groups is 1. The molecule has 27 heavy (non-hydrogen) atoms. The third-order valence-corrected chi connectivity index (χ3v) is 7.04. The molecule has 4 bridgehead atoms. The first-order valence-electron chi connectivity index (χ1n) is 9.75. The number of H-pyrrole nitrogens is 1. The zero-order valence-electron chi connectivity index (χ0n) is 15.1. The minimum Gasteiger partial charge on any atom is -0.281 e. The Morgan fingerprint density at radius 1 is 1.19 bits per heavy atom. The molecule has 5 nitrogen and oxygen atoms in total. The molecule has 0 radical (unpaired) electrons. The van der Waals surface area contributed by atoms with E-state index in [0.29, 0.717) is 10.7 Å². The van der Waals surface area contributed by atoms with Gasteiger partial charge >= 0.3 is 0 Å². The molecular weight excluding hydrogens is 360 g/mol. The van der Waals surface area contributed by atoms with Gasteiger partial charge in [0.25, 0.3) is 5.91 Å². The van der Waals surface area contributed by atoms with Crippen LogP contribution in [0, 0.1) is 17.8 Å². The molecule has 1 amide bonds. The molecule has 0 atom stereocenters. The van der Waals surface area contributed by atoms with Crippen molar-refractivity contribution in [3.63, 3.8) is 0 Å². The number of benzene rings is 1. The van der Waals surface area contributed by atoms with Crippen molar-refractivity contribution in [3.8, 4) is 0 Å². The number of hydrogen-bond acceptors (Lipinski definition) is 3. The first-order valence-corrected chi connectivity index (χ1v) is 10.1. The lowest BCUT2D eigenvalue weighted by atomic mass is 9.49. The van der Waals surface area contributed by atoms with Gasteiger partial charge in [-0.15, -0.1) is 0 Å². The monoisotopic (exact) mass is 382 g/mol. The van der Waals surface area contributed by atoms with Crippen LogP contribution >= 0.6 is 11.6 Å². The maximum atomic E-state index is 12.4. The van der Waals surface area contributed by atoms with E-state index in [1.165, 1.54) is 38.5 Å². The lowest BCUT2D eigenvalue weighted by Gasteiger charge is -2.56. The van der Waals surface area contributed by atoms with Gasteiger partial charge in [-0.1, -0.05) is 29.8 Å². The quantitative estimate of drug-likeness (QED) is 0.611. The molecule has 0 spiro atoms. The number of nitrogens with zero attached hydrogens (tertiary/aromatic N) is 2. The van der Waals surface area contributed by atoms with Crippen LogP contribution in [0.15, 0.2) is 35.4 Å². The first kappa shape index (κ1) is 17.0. The number of hydrazone groups is 1. The van der Waals surface area contributed by atoms with E-state index < -0.39 is 0 Å². The van der Waals surface area contributed by atoms with Gasteiger partial charge in [0, 0.05) is 21.7 Å². The number of hydrogen-bond donors (Lipinski definition) is 2. The number of carbonyl (C=O) groups excluding carboxylic acids is 1. The van der Waals surface area contributed by atoms with E-state index in [1.54, 1.807) is 12.3 Å². The van der Waals surface area contributed by atoms with Crippen LogP contribution in [0.5, 0.6) is 0 Å². The summed E-state index contributed by atoms with van der Waals surface area (Å²) < 4.78 is 0. The average Bonchev–Trinajstić information content (AvgIpc) is 3.13. The van der Waals surface area contributed by atoms with E-state index >= 15 is 0 Å². The summed E-state index contributed by atoms with van der Waals surface area (Å²) in [6, 6.07) is 9.30. The molecule has 6 heteroatoms. The Kier molecular flexibility index (Phi) is 4.08. The molecule has 140 valence electrons. The van der Waals surface area contributed by atoms with Crippen LogP contribution in [0.2, 0.25) is 5.02 Å². The Hall–Kier alpha value is -2.14. The molecule has 1 aromatic heterocycles. The summed E-state index contributed by atoms with van der Waals surface area (Å²) in [4.78, 5) is 12.4. The number of amides is 1. The van der Waals surface area contributed by atoms with Gasteiger partial charge in [-0.25, -0.2) is 5.43 Å². The predicted octanol–water partition coefficient (Wildman–Crippen LogP) is 4.29. The van der Waals surface area contributed by atoms with Crippen LogP contribution in [0.4, 0.5) is 0 Å². The van der Waals surface area contributed by atoms with E-state index in [1.807, 2.05) is 24.3 Å². The topological polar surface area (TPSA) is 70.1 Å². The first-order chi connectivity index (χ1) is 13.1. The summed E-state index contributed by atoms with van der Waals surface area (Å²) in [6.45, 7) is 0.